The molecular weight excluding hydrogens is 201 g/mol. The average Bonchev–Trinajstić information content (AvgIpc) is 1.88. The Morgan fingerprint density at radius 1 is 1.82 bits per heavy atom. The summed E-state index contributed by atoms with van der Waals surface area (Å²) in [7, 11) is 0. The van der Waals surface area contributed by atoms with Crippen molar-refractivity contribution in [1.82, 2.24) is 0 Å². The van der Waals surface area contributed by atoms with Gasteiger partial charge >= 0.3 is 11.1 Å². The van der Waals surface area contributed by atoms with E-state index in [2.05, 4.69) is 16.3 Å². The van der Waals surface area contributed by atoms with E-state index >= 15 is 0 Å². The third kappa shape index (κ3) is 2.79. The molecule has 66 valence electrons. The fraction of sp³-hybridized carbons (Fsp3) is 0.800. The first-order chi connectivity index (χ1) is 4.92. The molecule has 0 aliphatic rings. The van der Waals surface area contributed by atoms with Gasteiger partial charge in [-0.3, -0.25) is 0 Å². The van der Waals surface area contributed by atoms with Crippen molar-refractivity contribution in [2.75, 3.05) is 6.61 Å². The molecule has 0 saturated heterocycles. The van der Waals surface area contributed by atoms with E-state index in [4.69, 9.17) is 11.6 Å². The van der Waals surface area contributed by atoms with Crippen LogP contribution in [-0.2, 0) is 9.53 Å². The van der Waals surface area contributed by atoms with Crippen LogP contribution in [0.15, 0.2) is 0 Å². The largest absolute Gasteiger partial charge is 0.463 e. The van der Waals surface area contributed by atoms with Gasteiger partial charge in [0.15, 0.2) is 0 Å². The van der Waals surface area contributed by atoms with Crippen molar-refractivity contribution in [3.8, 4) is 0 Å². The number of rotatable bonds is 3. The Morgan fingerprint density at radius 2 is 2.27 bits per heavy atom. The number of hydrogen-bond acceptors (Lipinski definition) is 2. The standard InChI is InChI=1S/C5H6Cl2F2O2/c1-2-11-4(10)5(7,9)3(6)8/h3H,2H2,1H3. The first-order valence-corrected chi connectivity index (χ1v) is 3.57. The lowest BCUT2D eigenvalue weighted by Gasteiger charge is -2.14. The van der Waals surface area contributed by atoms with E-state index < -0.39 is 16.7 Å². The summed E-state index contributed by atoms with van der Waals surface area (Å²) in [6, 6.07) is 0. The van der Waals surface area contributed by atoms with E-state index in [9.17, 15) is 13.6 Å². The Bertz CT molecular complexity index is 149. The molecule has 2 atom stereocenters. The van der Waals surface area contributed by atoms with Gasteiger partial charge in [-0.2, -0.15) is 0 Å². The summed E-state index contributed by atoms with van der Waals surface area (Å²) in [5, 5.41) is -3.28. The van der Waals surface area contributed by atoms with Crippen LogP contribution in [0.3, 0.4) is 0 Å². The van der Waals surface area contributed by atoms with Crippen LogP contribution in [0.5, 0.6) is 0 Å². The highest BCUT2D eigenvalue weighted by Crippen LogP contribution is 2.28. The van der Waals surface area contributed by atoms with E-state index in [1.165, 1.54) is 6.92 Å². The second kappa shape index (κ2) is 4.07. The zero-order chi connectivity index (χ0) is 9.07. The van der Waals surface area contributed by atoms with Crippen LogP contribution >= 0.6 is 23.2 Å². The summed E-state index contributed by atoms with van der Waals surface area (Å²) in [5.41, 5.74) is -2.61. The summed E-state index contributed by atoms with van der Waals surface area (Å²) in [5.74, 6) is -1.51. The quantitative estimate of drug-likeness (QED) is 0.522. The SMILES string of the molecule is CCOC(=O)C(F)(Cl)C(F)Cl. The number of carbonyl (C=O) groups is 1. The van der Waals surface area contributed by atoms with Gasteiger partial charge in [0.25, 0.3) is 0 Å². The van der Waals surface area contributed by atoms with Crippen molar-refractivity contribution in [2.45, 2.75) is 17.7 Å². The Morgan fingerprint density at radius 3 is 2.55 bits per heavy atom. The molecule has 0 aromatic carbocycles. The van der Waals surface area contributed by atoms with E-state index in [0.29, 0.717) is 0 Å². The van der Waals surface area contributed by atoms with Crippen LogP contribution < -0.4 is 0 Å². The molecule has 0 aliphatic heterocycles. The predicted molar refractivity (Wildman–Crippen MR) is 37.1 cm³/mol. The summed E-state index contributed by atoms with van der Waals surface area (Å²) >= 11 is 9.38. The number of esters is 1. The zero-order valence-electron chi connectivity index (χ0n) is 5.61. The molecule has 2 unspecified atom stereocenters. The predicted octanol–water partition coefficient (Wildman–Crippen LogP) is 1.99. The van der Waals surface area contributed by atoms with E-state index in [1.54, 1.807) is 0 Å². The van der Waals surface area contributed by atoms with Crippen LogP contribution in [0, 0.1) is 0 Å². The van der Waals surface area contributed by atoms with Gasteiger partial charge in [-0.25, -0.2) is 13.6 Å². The van der Waals surface area contributed by atoms with Crippen molar-refractivity contribution in [1.29, 1.82) is 0 Å². The van der Waals surface area contributed by atoms with E-state index in [1.807, 2.05) is 0 Å². The van der Waals surface area contributed by atoms with Crippen LogP contribution in [-0.4, -0.2) is 23.3 Å². The molecule has 0 bridgehead atoms. The molecule has 11 heavy (non-hydrogen) atoms. The second-order valence-corrected chi connectivity index (χ2v) is 2.58. The van der Waals surface area contributed by atoms with Gasteiger partial charge < -0.3 is 4.74 Å². The van der Waals surface area contributed by atoms with Crippen LogP contribution in [0.25, 0.3) is 0 Å². The van der Waals surface area contributed by atoms with E-state index in [-0.39, 0.29) is 6.61 Å². The van der Waals surface area contributed by atoms with Crippen molar-refractivity contribution in [2.24, 2.45) is 0 Å². The summed E-state index contributed by atoms with van der Waals surface area (Å²) in [4.78, 5) is 10.5. The number of carbonyl (C=O) groups excluding carboxylic acids is 1. The number of ether oxygens (including phenoxy) is 1. The van der Waals surface area contributed by atoms with Gasteiger partial charge in [-0.15, -0.1) is 0 Å². The lowest BCUT2D eigenvalue weighted by atomic mass is 10.4. The monoisotopic (exact) mass is 206 g/mol. The number of hydrogen-bond donors (Lipinski definition) is 0. The normalized spacial score (nSPS) is 18.6. The van der Waals surface area contributed by atoms with Gasteiger partial charge in [-0.05, 0) is 6.92 Å². The van der Waals surface area contributed by atoms with Crippen LogP contribution in [0.4, 0.5) is 8.78 Å². The summed E-state index contributed by atoms with van der Waals surface area (Å²) in [6.07, 6.45) is 0. The minimum atomic E-state index is -3.28. The fourth-order valence-corrected chi connectivity index (χ4v) is 0.460. The maximum Gasteiger partial charge on any atom is 0.364 e. The number of halogens is 4. The average molecular weight is 207 g/mol. The molecule has 0 fully saturated rings. The Labute approximate surface area is 72.4 Å². The highest BCUT2D eigenvalue weighted by molar-refractivity contribution is 6.38. The maximum absolute atomic E-state index is 12.6. The molecule has 0 saturated carbocycles. The van der Waals surface area contributed by atoms with Crippen molar-refractivity contribution < 1.29 is 18.3 Å². The Balaban J connectivity index is 4.18. The smallest absolute Gasteiger partial charge is 0.364 e. The van der Waals surface area contributed by atoms with Gasteiger partial charge in [0, 0.05) is 0 Å². The molecule has 0 spiro atoms. The topological polar surface area (TPSA) is 26.3 Å². The minimum absolute atomic E-state index is 0.0825. The Kier molecular flexibility index (Phi) is 4.03. The van der Waals surface area contributed by atoms with Gasteiger partial charge in [-0.1, -0.05) is 23.2 Å². The molecular formula is C5H6Cl2F2O2. The van der Waals surface area contributed by atoms with Gasteiger partial charge in [0.05, 0.1) is 6.61 Å². The highest BCUT2D eigenvalue weighted by Gasteiger charge is 2.46. The third-order valence-corrected chi connectivity index (χ3v) is 1.58. The van der Waals surface area contributed by atoms with Crippen molar-refractivity contribution in [3.05, 3.63) is 0 Å². The number of alkyl halides is 4. The fourth-order valence-electron chi connectivity index (χ4n) is 0.316. The molecule has 0 N–H and O–H groups in total. The molecule has 0 aromatic rings. The lowest BCUT2D eigenvalue weighted by Crippen LogP contribution is -2.36. The summed E-state index contributed by atoms with van der Waals surface area (Å²) in [6.45, 7) is 1.35. The third-order valence-electron chi connectivity index (χ3n) is 0.822. The molecule has 0 aromatic heterocycles. The Hall–Kier alpha value is -0.0900. The molecule has 0 rings (SSSR count). The molecule has 0 aliphatic carbocycles. The molecule has 0 radical (unpaired) electrons. The van der Waals surface area contributed by atoms with E-state index in [0.717, 1.165) is 0 Å². The maximum atomic E-state index is 12.6. The van der Waals surface area contributed by atoms with Gasteiger partial charge in [0.2, 0.25) is 5.63 Å². The van der Waals surface area contributed by atoms with Crippen molar-refractivity contribution >= 4 is 29.2 Å². The minimum Gasteiger partial charge on any atom is -0.463 e. The highest BCUT2D eigenvalue weighted by atomic mass is 35.5. The van der Waals surface area contributed by atoms with Crippen molar-refractivity contribution in [3.63, 3.8) is 0 Å². The van der Waals surface area contributed by atoms with Gasteiger partial charge in [0.1, 0.15) is 0 Å². The van der Waals surface area contributed by atoms with Crippen LogP contribution in [0.1, 0.15) is 6.92 Å². The lowest BCUT2D eigenvalue weighted by molar-refractivity contribution is -0.153. The first-order valence-electron chi connectivity index (χ1n) is 2.76. The summed E-state index contributed by atoms with van der Waals surface area (Å²) < 4.78 is 28.7. The second-order valence-electron chi connectivity index (χ2n) is 1.64. The molecule has 6 heteroatoms. The molecule has 0 amide bonds. The zero-order valence-corrected chi connectivity index (χ0v) is 7.12. The molecule has 0 heterocycles. The molecule has 2 nitrogen and oxygen atoms in total. The first kappa shape index (κ1) is 10.9. The van der Waals surface area contributed by atoms with Crippen LogP contribution in [0.2, 0.25) is 0 Å².